The van der Waals surface area contributed by atoms with E-state index in [0.717, 1.165) is 0 Å². The zero-order valence-corrected chi connectivity index (χ0v) is 4.51. The zero-order valence-electron chi connectivity index (χ0n) is 5.51. The van der Waals surface area contributed by atoms with Crippen molar-refractivity contribution in [2.45, 2.75) is 0 Å². The molecule has 4 heteroatoms. The van der Waals surface area contributed by atoms with Crippen LogP contribution in [0.25, 0.3) is 0 Å². The highest BCUT2D eigenvalue weighted by Crippen LogP contribution is 1.89. The third kappa shape index (κ3) is 0.641. The van der Waals surface area contributed by atoms with Crippen molar-refractivity contribution in [1.82, 2.24) is 10.2 Å². The SMILES string of the molecule is [2H]N1C(=N)N(C)CC1=O. The van der Waals surface area contributed by atoms with Crippen LogP contribution in [0.1, 0.15) is 0 Å². The second-order valence-electron chi connectivity index (χ2n) is 1.69. The molecule has 0 saturated carbocycles. The van der Waals surface area contributed by atoms with E-state index < -0.39 is 0 Å². The first-order valence-corrected chi connectivity index (χ1v) is 2.24. The highest BCUT2D eigenvalue weighted by Gasteiger charge is 2.18. The molecule has 1 rings (SSSR count). The Labute approximate surface area is 48.4 Å². The molecule has 1 heterocycles. The summed E-state index contributed by atoms with van der Waals surface area (Å²) >= 11 is 0. The van der Waals surface area contributed by atoms with Crippen molar-refractivity contribution >= 4 is 11.9 Å². The Hall–Kier alpha value is -1.06. The maximum atomic E-state index is 10.6. The molecule has 0 unspecified atom stereocenters. The monoisotopic (exact) mass is 114 g/mol. The van der Waals surface area contributed by atoms with E-state index in [1.54, 1.807) is 7.05 Å². The molecule has 0 aliphatic carbocycles. The molecule has 44 valence electrons. The Morgan fingerprint density at radius 1 is 2.12 bits per heavy atom. The van der Waals surface area contributed by atoms with Gasteiger partial charge in [0, 0.05) is 7.05 Å². The van der Waals surface area contributed by atoms with Crippen LogP contribution >= 0.6 is 0 Å². The van der Waals surface area contributed by atoms with Crippen LogP contribution in [0.2, 0.25) is 1.41 Å². The van der Waals surface area contributed by atoms with E-state index in [1.807, 2.05) is 0 Å². The van der Waals surface area contributed by atoms with Crippen LogP contribution in [0.3, 0.4) is 0 Å². The summed E-state index contributed by atoms with van der Waals surface area (Å²) in [6, 6.07) is 0. The summed E-state index contributed by atoms with van der Waals surface area (Å²) in [5.41, 5.74) is 0. The first-order chi connectivity index (χ1) is 4.13. The van der Waals surface area contributed by atoms with Gasteiger partial charge >= 0.3 is 0 Å². The van der Waals surface area contributed by atoms with E-state index >= 15 is 0 Å². The van der Waals surface area contributed by atoms with Crippen molar-refractivity contribution in [3.8, 4) is 0 Å². The van der Waals surface area contributed by atoms with Gasteiger partial charge in [0.1, 0.15) is 0 Å². The summed E-state index contributed by atoms with van der Waals surface area (Å²) in [5, 5.41) is 7.62. The number of likely N-dealkylation sites (N-methyl/N-ethyl adjacent to an activating group) is 1. The van der Waals surface area contributed by atoms with Gasteiger partial charge in [-0.3, -0.25) is 15.5 Å². The summed E-state index contributed by atoms with van der Waals surface area (Å²) in [6.45, 7) is 0.155. The van der Waals surface area contributed by atoms with Gasteiger partial charge in [0.2, 0.25) is 5.91 Å². The third-order valence-corrected chi connectivity index (χ3v) is 0.965. The highest BCUT2D eigenvalue weighted by atomic mass is 16.2. The van der Waals surface area contributed by atoms with Crippen molar-refractivity contribution in [2.24, 2.45) is 0 Å². The van der Waals surface area contributed by atoms with Gasteiger partial charge in [-0.2, -0.15) is 0 Å². The van der Waals surface area contributed by atoms with E-state index in [2.05, 4.69) is 0 Å². The molecule has 4 nitrogen and oxygen atoms in total. The second-order valence-corrected chi connectivity index (χ2v) is 1.69. The van der Waals surface area contributed by atoms with Crippen LogP contribution in [0.15, 0.2) is 0 Å². The number of carbonyl (C=O) groups excluding carboxylic acids is 1. The van der Waals surface area contributed by atoms with Crippen LogP contribution < -0.4 is 5.31 Å². The Balaban J connectivity index is 2.77. The summed E-state index contributed by atoms with van der Waals surface area (Å²) in [4.78, 5) is 12.0. The minimum absolute atomic E-state index is 0.0556. The van der Waals surface area contributed by atoms with Crippen molar-refractivity contribution in [2.75, 3.05) is 13.6 Å². The molecule has 0 radical (unpaired) electrons. The fourth-order valence-electron chi connectivity index (χ4n) is 0.517. The third-order valence-electron chi connectivity index (χ3n) is 0.965. The maximum absolute atomic E-state index is 10.6. The first-order valence-electron chi connectivity index (χ1n) is 2.69. The topological polar surface area (TPSA) is 56.2 Å². The molecule has 0 atom stereocenters. The van der Waals surface area contributed by atoms with Crippen LogP contribution in [0, 0.1) is 5.41 Å². The van der Waals surface area contributed by atoms with Crippen LogP contribution in [0.5, 0.6) is 0 Å². The van der Waals surface area contributed by atoms with Gasteiger partial charge in [-0.25, -0.2) is 0 Å². The van der Waals surface area contributed by atoms with E-state index in [-0.39, 0.29) is 18.4 Å². The van der Waals surface area contributed by atoms with E-state index in [1.165, 1.54) is 4.90 Å². The predicted octanol–water partition coefficient (Wildman–Crippen LogP) is -1.02. The summed E-state index contributed by atoms with van der Waals surface area (Å²) in [5.74, 6) is -0.400. The Kier molecular flexibility index (Phi) is 0.712. The molecule has 2 N–H and O–H groups in total. The quantitative estimate of drug-likeness (QED) is 0.423. The van der Waals surface area contributed by atoms with Gasteiger partial charge in [-0.15, -0.1) is 0 Å². The lowest BCUT2D eigenvalue weighted by atomic mass is 10.6. The molecular formula is C4H7N3O. The minimum atomic E-state index is -0.345. The second kappa shape index (κ2) is 1.47. The average molecular weight is 114 g/mol. The number of nitrogens with zero attached hydrogens (tertiary/aromatic N) is 1. The van der Waals surface area contributed by atoms with Crippen LogP contribution in [-0.2, 0) is 4.79 Å². The predicted molar refractivity (Wildman–Crippen MR) is 28.5 cm³/mol. The lowest BCUT2D eigenvalue weighted by molar-refractivity contribution is -0.118. The van der Waals surface area contributed by atoms with Crippen molar-refractivity contribution in [3.05, 3.63) is 0 Å². The van der Waals surface area contributed by atoms with E-state index in [0.29, 0.717) is 5.31 Å². The van der Waals surface area contributed by atoms with E-state index in [4.69, 9.17) is 6.82 Å². The number of amides is 1. The van der Waals surface area contributed by atoms with E-state index in [9.17, 15) is 4.79 Å². The van der Waals surface area contributed by atoms with Crippen molar-refractivity contribution in [1.29, 1.82) is 5.41 Å². The molecular weight excluding hydrogens is 106 g/mol. The first kappa shape index (κ1) is 3.88. The Morgan fingerprint density at radius 2 is 2.75 bits per heavy atom. The van der Waals surface area contributed by atoms with Gasteiger partial charge in [0.15, 0.2) is 7.37 Å². The van der Waals surface area contributed by atoms with Gasteiger partial charge < -0.3 is 4.90 Å². The number of carbonyl (C=O) groups is 1. The van der Waals surface area contributed by atoms with Gasteiger partial charge in [0.05, 0.1) is 6.54 Å². The molecule has 0 aromatic rings. The summed E-state index contributed by atoms with van der Waals surface area (Å²) < 4.78 is 6.89. The largest absolute Gasteiger partial charge is 0.337 e. The molecule has 0 aromatic heterocycles. The normalized spacial score (nSPS) is 22.4. The minimum Gasteiger partial charge on any atom is -0.337 e. The molecule has 8 heavy (non-hydrogen) atoms. The number of hydrogen-bond acceptors (Lipinski definition) is 2. The standard InChI is InChI=1S/C4H7N3O/c1-7-2-3(8)6-4(7)5/h2H2,1H3,(H2,5,6,8)/i/hD. The van der Waals surface area contributed by atoms with Gasteiger partial charge in [0.25, 0.3) is 0 Å². The molecule has 1 fully saturated rings. The molecule has 0 bridgehead atoms. The number of rotatable bonds is 0. The number of hydrogen-bond donors (Lipinski definition) is 2. The average Bonchev–Trinajstić information content (AvgIpc) is 1.98. The van der Waals surface area contributed by atoms with Crippen LogP contribution in [-0.4, -0.2) is 30.4 Å². The van der Waals surface area contributed by atoms with Crippen molar-refractivity contribution < 1.29 is 6.21 Å². The number of nitrogens with one attached hydrogen (secondary N) is 2. The number of guanidine groups is 1. The van der Waals surface area contributed by atoms with Gasteiger partial charge in [-0.1, -0.05) is 0 Å². The lowest BCUT2D eigenvalue weighted by Gasteiger charge is -2.03. The molecule has 0 aromatic carbocycles. The maximum Gasteiger partial charge on any atom is 0.246 e. The molecule has 1 aliphatic rings. The highest BCUT2D eigenvalue weighted by molar-refractivity contribution is 6.02. The zero-order chi connectivity index (χ0) is 7.02. The molecule has 1 saturated heterocycles. The van der Waals surface area contributed by atoms with Gasteiger partial charge in [-0.05, 0) is 0 Å². The lowest BCUT2D eigenvalue weighted by Crippen LogP contribution is -2.25. The molecule has 1 amide bonds. The van der Waals surface area contributed by atoms with Crippen molar-refractivity contribution in [3.63, 3.8) is 0 Å². The van der Waals surface area contributed by atoms with Crippen LogP contribution in [0.4, 0.5) is 0 Å². The molecule has 0 spiro atoms. The smallest absolute Gasteiger partial charge is 0.246 e. The fraction of sp³-hybridized carbons (Fsp3) is 0.500. The Morgan fingerprint density at radius 3 is 2.88 bits per heavy atom. The Bertz CT molecular complexity index is 169. The fourth-order valence-corrected chi connectivity index (χ4v) is 0.517. The summed E-state index contributed by atoms with van der Waals surface area (Å²) in [6.07, 6.45) is 0. The summed E-state index contributed by atoms with van der Waals surface area (Å²) in [7, 11) is 1.61. The molecule has 1 aliphatic heterocycles.